The molecule has 2 nitrogen and oxygen atoms in total. The number of rotatable bonds is 2. The summed E-state index contributed by atoms with van der Waals surface area (Å²) in [5, 5.41) is 0.773. The fourth-order valence-corrected chi connectivity index (χ4v) is 3.09. The molecule has 1 fully saturated rings. The van der Waals surface area contributed by atoms with Crippen LogP contribution in [0.5, 0.6) is 0 Å². The van der Waals surface area contributed by atoms with Crippen molar-refractivity contribution in [3.05, 3.63) is 65.2 Å². The van der Waals surface area contributed by atoms with Crippen molar-refractivity contribution in [2.45, 2.75) is 18.4 Å². The van der Waals surface area contributed by atoms with Crippen molar-refractivity contribution >= 4 is 17.3 Å². The van der Waals surface area contributed by atoms with Gasteiger partial charge in [-0.3, -0.25) is 0 Å². The van der Waals surface area contributed by atoms with Gasteiger partial charge in [-0.1, -0.05) is 41.9 Å². The molecule has 1 aliphatic rings. The normalized spacial score (nSPS) is 22.8. The summed E-state index contributed by atoms with van der Waals surface area (Å²) in [7, 11) is 0. The van der Waals surface area contributed by atoms with Gasteiger partial charge in [0.1, 0.15) is 0 Å². The van der Waals surface area contributed by atoms with E-state index in [9.17, 15) is 0 Å². The van der Waals surface area contributed by atoms with E-state index in [1.165, 1.54) is 11.3 Å². The number of nitrogens with zero attached hydrogens (tertiary/aromatic N) is 1. The molecule has 0 bridgehead atoms. The van der Waals surface area contributed by atoms with Crippen molar-refractivity contribution in [3.8, 4) is 0 Å². The highest BCUT2D eigenvalue weighted by Gasteiger charge is 2.26. The highest BCUT2D eigenvalue weighted by molar-refractivity contribution is 6.30. The van der Waals surface area contributed by atoms with E-state index >= 15 is 0 Å². The van der Waals surface area contributed by atoms with Crippen LogP contribution in [0.3, 0.4) is 0 Å². The molecule has 0 spiro atoms. The zero-order chi connectivity index (χ0) is 13.9. The van der Waals surface area contributed by atoms with Gasteiger partial charge in [0.2, 0.25) is 0 Å². The minimum atomic E-state index is 0.213. The Morgan fingerprint density at radius 2 is 1.65 bits per heavy atom. The third-order valence-corrected chi connectivity index (χ3v) is 4.20. The molecule has 20 heavy (non-hydrogen) atoms. The molecule has 2 aromatic carbocycles. The quantitative estimate of drug-likeness (QED) is 0.913. The van der Waals surface area contributed by atoms with Gasteiger partial charge >= 0.3 is 0 Å². The fraction of sp³-hybridized carbons (Fsp3) is 0.294. The Hall–Kier alpha value is -1.51. The lowest BCUT2D eigenvalue weighted by atomic mass is 9.88. The van der Waals surface area contributed by atoms with Crippen molar-refractivity contribution in [2.24, 2.45) is 5.73 Å². The summed E-state index contributed by atoms with van der Waals surface area (Å²) in [6.45, 7) is 1.92. The molecule has 0 saturated carbocycles. The fourth-order valence-electron chi connectivity index (χ4n) is 2.97. The summed E-state index contributed by atoms with van der Waals surface area (Å²) in [6, 6.07) is 18.9. The predicted octanol–water partition coefficient (Wildman–Crippen LogP) is 3.66. The summed E-state index contributed by atoms with van der Waals surface area (Å²) in [6.07, 6.45) is 1.05. The van der Waals surface area contributed by atoms with Crippen LogP contribution in [0.4, 0.5) is 5.69 Å². The van der Waals surface area contributed by atoms with Gasteiger partial charge in [0.25, 0.3) is 0 Å². The summed E-state index contributed by atoms with van der Waals surface area (Å²) in [4.78, 5) is 2.36. The topological polar surface area (TPSA) is 29.3 Å². The lowest BCUT2D eigenvalue weighted by Crippen LogP contribution is -2.46. The smallest absolute Gasteiger partial charge is 0.0407 e. The first kappa shape index (κ1) is 13.5. The number of hydrogen-bond donors (Lipinski definition) is 1. The van der Waals surface area contributed by atoms with Crippen molar-refractivity contribution in [3.63, 3.8) is 0 Å². The largest absolute Gasteiger partial charge is 0.369 e. The summed E-state index contributed by atoms with van der Waals surface area (Å²) in [5.41, 5.74) is 8.83. The van der Waals surface area contributed by atoms with E-state index in [0.717, 1.165) is 24.5 Å². The van der Waals surface area contributed by atoms with Crippen molar-refractivity contribution in [1.29, 1.82) is 0 Å². The highest BCUT2D eigenvalue weighted by Crippen LogP contribution is 2.30. The molecule has 3 rings (SSSR count). The van der Waals surface area contributed by atoms with Gasteiger partial charge in [-0.2, -0.15) is 0 Å². The number of halogens is 1. The Balaban J connectivity index is 1.81. The standard InChI is InChI=1S/C17H19ClN2/c18-15-6-8-17(9-7-15)20-11-14(10-16(19)12-20)13-4-2-1-3-5-13/h1-9,14,16H,10-12,19H2. The highest BCUT2D eigenvalue weighted by atomic mass is 35.5. The van der Waals surface area contributed by atoms with Crippen LogP contribution in [-0.4, -0.2) is 19.1 Å². The molecule has 0 aliphatic carbocycles. The predicted molar refractivity (Wildman–Crippen MR) is 85.4 cm³/mol. The van der Waals surface area contributed by atoms with Crippen molar-refractivity contribution in [2.75, 3.05) is 18.0 Å². The molecule has 2 N–H and O–H groups in total. The average Bonchev–Trinajstić information content (AvgIpc) is 2.48. The maximum atomic E-state index is 6.25. The third kappa shape index (κ3) is 2.97. The molecule has 2 aromatic rings. The van der Waals surface area contributed by atoms with Crippen molar-refractivity contribution in [1.82, 2.24) is 0 Å². The SMILES string of the molecule is NC1CC(c2ccccc2)CN(c2ccc(Cl)cc2)C1. The Morgan fingerprint density at radius 3 is 2.35 bits per heavy atom. The van der Waals surface area contributed by atoms with Crippen LogP contribution in [0.1, 0.15) is 17.9 Å². The molecule has 2 atom stereocenters. The van der Waals surface area contributed by atoms with E-state index in [1.54, 1.807) is 0 Å². The number of hydrogen-bond acceptors (Lipinski definition) is 2. The van der Waals surface area contributed by atoms with E-state index in [-0.39, 0.29) is 6.04 Å². The van der Waals surface area contributed by atoms with E-state index in [2.05, 4.69) is 47.4 Å². The summed E-state index contributed by atoms with van der Waals surface area (Å²) >= 11 is 5.96. The third-order valence-electron chi connectivity index (χ3n) is 3.95. The minimum Gasteiger partial charge on any atom is -0.369 e. The molecule has 2 unspecified atom stereocenters. The zero-order valence-corrected chi connectivity index (χ0v) is 12.1. The number of anilines is 1. The molecule has 0 radical (unpaired) electrons. The summed E-state index contributed by atoms with van der Waals surface area (Å²) in [5.74, 6) is 0.496. The first-order chi connectivity index (χ1) is 9.72. The second kappa shape index (κ2) is 5.86. The molecule has 1 aliphatic heterocycles. The van der Waals surface area contributed by atoms with Gasteiger partial charge in [-0.25, -0.2) is 0 Å². The molecule has 1 heterocycles. The van der Waals surface area contributed by atoms with Gasteiger partial charge in [0.15, 0.2) is 0 Å². The molecule has 0 aromatic heterocycles. The van der Waals surface area contributed by atoms with Crippen LogP contribution >= 0.6 is 11.6 Å². The average molecular weight is 287 g/mol. The van der Waals surface area contributed by atoms with Crippen LogP contribution in [-0.2, 0) is 0 Å². The number of benzene rings is 2. The Bertz CT molecular complexity index is 553. The van der Waals surface area contributed by atoms with Gasteiger partial charge in [-0.15, -0.1) is 0 Å². The zero-order valence-electron chi connectivity index (χ0n) is 11.4. The van der Waals surface area contributed by atoms with Gasteiger partial charge < -0.3 is 10.6 Å². The van der Waals surface area contributed by atoms with Crippen LogP contribution < -0.4 is 10.6 Å². The number of piperidine rings is 1. The first-order valence-electron chi connectivity index (χ1n) is 7.03. The van der Waals surface area contributed by atoms with E-state index in [4.69, 9.17) is 17.3 Å². The molecular formula is C17H19ClN2. The second-order valence-corrected chi connectivity index (χ2v) is 5.92. The Morgan fingerprint density at radius 1 is 0.950 bits per heavy atom. The maximum Gasteiger partial charge on any atom is 0.0407 e. The summed E-state index contributed by atoms with van der Waals surface area (Å²) < 4.78 is 0. The van der Waals surface area contributed by atoms with Crippen LogP contribution in [0.2, 0.25) is 5.02 Å². The lowest BCUT2D eigenvalue weighted by molar-refractivity contribution is 0.454. The molecule has 1 saturated heterocycles. The monoisotopic (exact) mass is 286 g/mol. The van der Waals surface area contributed by atoms with E-state index < -0.39 is 0 Å². The molecular weight excluding hydrogens is 268 g/mol. The van der Waals surface area contributed by atoms with Crippen molar-refractivity contribution < 1.29 is 0 Å². The van der Waals surface area contributed by atoms with Crippen LogP contribution in [0.15, 0.2) is 54.6 Å². The van der Waals surface area contributed by atoms with Gasteiger partial charge in [-0.05, 0) is 36.2 Å². The molecule has 0 amide bonds. The first-order valence-corrected chi connectivity index (χ1v) is 7.41. The Labute approximate surface area is 125 Å². The second-order valence-electron chi connectivity index (χ2n) is 5.48. The van der Waals surface area contributed by atoms with Crippen LogP contribution in [0, 0.1) is 0 Å². The van der Waals surface area contributed by atoms with Gasteiger partial charge in [0.05, 0.1) is 0 Å². The lowest BCUT2D eigenvalue weighted by Gasteiger charge is -2.38. The maximum absolute atomic E-state index is 6.25. The minimum absolute atomic E-state index is 0.213. The van der Waals surface area contributed by atoms with E-state index in [0.29, 0.717) is 5.92 Å². The number of nitrogens with two attached hydrogens (primary N) is 1. The van der Waals surface area contributed by atoms with Crippen LogP contribution in [0.25, 0.3) is 0 Å². The molecule has 3 heteroatoms. The Kier molecular flexibility index (Phi) is 3.95. The van der Waals surface area contributed by atoms with Gasteiger partial charge in [0, 0.05) is 35.8 Å². The molecule has 104 valence electrons. The van der Waals surface area contributed by atoms with E-state index in [1.807, 2.05) is 12.1 Å².